The van der Waals surface area contributed by atoms with E-state index in [-0.39, 0.29) is 29.5 Å². The fraction of sp³-hybridized carbons (Fsp3) is 0.267. The number of ether oxygens (including phenoxy) is 1. The van der Waals surface area contributed by atoms with Crippen LogP contribution in [-0.2, 0) is 4.79 Å². The maximum atomic E-state index is 13.2. The molecule has 0 spiro atoms. The molecular weight excluding hydrogens is 469 g/mol. The van der Waals surface area contributed by atoms with Crippen molar-refractivity contribution >= 4 is 22.7 Å². The van der Waals surface area contributed by atoms with Crippen molar-refractivity contribution < 1.29 is 18.7 Å². The number of para-hydroxylation sites is 1. The van der Waals surface area contributed by atoms with Crippen molar-refractivity contribution in [3.8, 4) is 5.75 Å². The van der Waals surface area contributed by atoms with Gasteiger partial charge in [0.1, 0.15) is 11.6 Å². The molecule has 0 radical (unpaired) electrons. The van der Waals surface area contributed by atoms with Crippen LogP contribution in [0.4, 0.5) is 4.39 Å². The van der Waals surface area contributed by atoms with Crippen LogP contribution < -0.4 is 10.1 Å². The second kappa shape index (κ2) is 10.9. The Morgan fingerprint density at radius 3 is 2.43 bits per heavy atom. The average molecular weight is 500 g/mol. The van der Waals surface area contributed by atoms with Gasteiger partial charge in [0.05, 0.1) is 7.11 Å². The highest BCUT2D eigenvalue weighted by Gasteiger charge is 2.29. The Morgan fingerprint density at radius 2 is 1.73 bits per heavy atom. The number of methoxy groups -OCH3 is 1. The second-order valence-electron chi connectivity index (χ2n) is 9.43. The highest BCUT2D eigenvalue weighted by Crippen LogP contribution is 2.31. The molecule has 190 valence electrons. The van der Waals surface area contributed by atoms with Crippen molar-refractivity contribution in [2.75, 3.05) is 26.7 Å². The number of halogens is 1. The third-order valence-corrected chi connectivity index (χ3v) is 7.24. The number of fused-ring (bicyclic) bond motifs is 1. The fourth-order valence-corrected chi connectivity index (χ4v) is 5.09. The first kappa shape index (κ1) is 24.6. The van der Waals surface area contributed by atoms with Crippen molar-refractivity contribution in [1.29, 1.82) is 0 Å². The van der Waals surface area contributed by atoms with E-state index in [0.717, 1.165) is 27.8 Å². The molecule has 37 heavy (non-hydrogen) atoms. The summed E-state index contributed by atoms with van der Waals surface area (Å²) in [5.41, 5.74) is 3.73. The molecule has 6 nitrogen and oxygen atoms in total. The number of benzene rings is 3. The van der Waals surface area contributed by atoms with E-state index in [0.29, 0.717) is 38.0 Å². The van der Waals surface area contributed by atoms with Crippen LogP contribution in [0.5, 0.6) is 5.75 Å². The third kappa shape index (κ3) is 5.35. The summed E-state index contributed by atoms with van der Waals surface area (Å²) in [5.74, 6) is 0.104. The van der Waals surface area contributed by atoms with Crippen LogP contribution in [-0.4, -0.2) is 48.4 Å². The molecule has 0 saturated carbocycles. The van der Waals surface area contributed by atoms with E-state index in [9.17, 15) is 14.0 Å². The number of aromatic amines is 1. The van der Waals surface area contributed by atoms with Gasteiger partial charge in [-0.05, 0) is 66.4 Å². The summed E-state index contributed by atoms with van der Waals surface area (Å²) in [5, 5.41) is 4.32. The van der Waals surface area contributed by atoms with E-state index in [1.54, 1.807) is 12.0 Å². The Hall–Kier alpha value is -4.13. The number of hydrogen-bond donors (Lipinski definition) is 2. The molecule has 1 aliphatic heterocycles. The molecule has 3 aromatic carbocycles. The molecule has 1 fully saturated rings. The molecule has 1 unspecified atom stereocenters. The minimum absolute atomic E-state index is 0.00670. The lowest BCUT2D eigenvalue weighted by Crippen LogP contribution is -2.43. The molecule has 2 amide bonds. The lowest BCUT2D eigenvalue weighted by Gasteiger charge is -2.31. The molecular formula is C30H30FN3O3. The molecule has 0 aliphatic carbocycles. The van der Waals surface area contributed by atoms with Crippen molar-refractivity contribution in [3.05, 3.63) is 102 Å². The average Bonchev–Trinajstić information content (AvgIpc) is 3.37. The molecule has 2 heterocycles. The largest absolute Gasteiger partial charge is 0.497 e. The number of H-pyrrole nitrogens is 1. The third-order valence-electron chi connectivity index (χ3n) is 7.24. The first-order valence-electron chi connectivity index (χ1n) is 12.6. The Labute approximate surface area is 215 Å². The zero-order valence-electron chi connectivity index (χ0n) is 20.7. The Balaban J connectivity index is 1.25. The standard InChI is InChI=1S/C30H30FN3O3/c1-37-24-12-8-20(9-13-24)26(27-19-32-28-5-3-2-4-25(27)28)18-33-29(35)21-14-16-34(17-15-21)30(36)22-6-10-23(31)11-7-22/h2-13,19,21,26,32H,14-18H2,1H3,(H,33,35). The lowest BCUT2D eigenvalue weighted by atomic mass is 9.90. The van der Waals surface area contributed by atoms with Gasteiger partial charge in [-0.3, -0.25) is 9.59 Å². The van der Waals surface area contributed by atoms with Crippen molar-refractivity contribution in [3.63, 3.8) is 0 Å². The predicted molar refractivity (Wildman–Crippen MR) is 141 cm³/mol. The smallest absolute Gasteiger partial charge is 0.253 e. The van der Waals surface area contributed by atoms with Gasteiger partial charge in [-0.15, -0.1) is 0 Å². The fourth-order valence-electron chi connectivity index (χ4n) is 5.09. The number of nitrogens with one attached hydrogen (secondary N) is 2. The van der Waals surface area contributed by atoms with Gasteiger partial charge in [-0.2, -0.15) is 0 Å². The van der Waals surface area contributed by atoms with E-state index in [2.05, 4.69) is 16.4 Å². The van der Waals surface area contributed by atoms with Gasteiger partial charge >= 0.3 is 0 Å². The highest BCUT2D eigenvalue weighted by molar-refractivity contribution is 5.94. The molecule has 7 heteroatoms. The quantitative estimate of drug-likeness (QED) is 0.371. The van der Waals surface area contributed by atoms with Crippen molar-refractivity contribution in [1.82, 2.24) is 15.2 Å². The minimum atomic E-state index is -0.368. The van der Waals surface area contributed by atoms with Gasteiger partial charge < -0.3 is 19.9 Å². The zero-order chi connectivity index (χ0) is 25.8. The summed E-state index contributed by atoms with van der Waals surface area (Å²) in [6.07, 6.45) is 3.21. The van der Waals surface area contributed by atoms with Crippen LogP contribution in [0.2, 0.25) is 0 Å². The van der Waals surface area contributed by atoms with Crippen LogP contribution in [0.3, 0.4) is 0 Å². The molecule has 1 aliphatic rings. The molecule has 1 aromatic heterocycles. The van der Waals surface area contributed by atoms with E-state index in [1.807, 2.05) is 48.7 Å². The Kier molecular flexibility index (Phi) is 7.21. The summed E-state index contributed by atoms with van der Waals surface area (Å²) in [6.45, 7) is 1.46. The molecule has 4 aromatic rings. The number of hydrogen-bond acceptors (Lipinski definition) is 3. The normalized spacial score (nSPS) is 14.9. The summed E-state index contributed by atoms with van der Waals surface area (Å²) < 4.78 is 18.5. The van der Waals surface area contributed by atoms with Crippen LogP contribution >= 0.6 is 0 Å². The number of piperidine rings is 1. The first-order chi connectivity index (χ1) is 18.0. The van der Waals surface area contributed by atoms with Crippen LogP contribution in [0.15, 0.2) is 79.0 Å². The molecule has 2 N–H and O–H groups in total. The monoisotopic (exact) mass is 499 g/mol. The number of aromatic nitrogens is 1. The maximum absolute atomic E-state index is 13.2. The minimum Gasteiger partial charge on any atom is -0.497 e. The Morgan fingerprint density at radius 1 is 1.03 bits per heavy atom. The summed E-state index contributed by atoms with van der Waals surface area (Å²) in [6, 6.07) is 21.7. The lowest BCUT2D eigenvalue weighted by molar-refractivity contribution is -0.126. The van der Waals surface area contributed by atoms with E-state index >= 15 is 0 Å². The van der Waals surface area contributed by atoms with Crippen LogP contribution in [0.25, 0.3) is 10.9 Å². The molecule has 1 saturated heterocycles. The van der Waals surface area contributed by atoms with Gasteiger partial charge in [-0.25, -0.2) is 4.39 Å². The summed E-state index contributed by atoms with van der Waals surface area (Å²) >= 11 is 0. The number of nitrogens with zero attached hydrogens (tertiary/aromatic N) is 1. The molecule has 1 atom stereocenters. The zero-order valence-corrected chi connectivity index (χ0v) is 20.7. The van der Waals surface area contributed by atoms with Crippen LogP contribution in [0.1, 0.15) is 40.2 Å². The van der Waals surface area contributed by atoms with E-state index < -0.39 is 0 Å². The topological polar surface area (TPSA) is 74.4 Å². The SMILES string of the molecule is COc1ccc(C(CNC(=O)C2CCN(C(=O)c3ccc(F)cc3)CC2)c2c[nH]c3ccccc23)cc1. The number of carbonyl (C=O) groups is 2. The molecule has 5 rings (SSSR count). The first-order valence-corrected chi connectivity index (χ1v) is 12.6. The van der Waals surface area contributed by atoms with E-state index in [1.165, 1.54) is 24.3 Å². The summed E-state index contributed by atoms with van der Waals surface area (Å²) in [4.78, 5) is 31.0. The van der Waals surface area contributed by atoms with Gasteiger partial charge in [0.2, 0.25) is 5.91 Å². The van der Waals surface area contributed by atoms with Crippen molar-refractivity contribution in [2.24, 2.45) is 5.92 Å². The van der Waals surface area contributed by atoms with Gasteiger partial charge in [-0.1, -0.05) is 30.3 Å². The number of likely N-dealkylation sites (tertiary alicyclic amines) is 1. The summed E-state index contributed by atoms with van der Waals surface area (Å²) in [7, 11) is 1.64. The number of amides is 2. The Bertz CT molecular complexity index is 1370. The number of carbonyl (C=O) groups excluding carboxylic acids is 2. The van der Waals surface area contributed by atoms with Crippen molar-refractivity contribution in [2.45, 2.75) is 18.8 Å². The second-order valence-corrected chi connectivity index (χ2v) is 9.43. The molecule has 0 bridgehead atoms. The maximum Gasteiger partial charge on any atom is 0.253 e. The van der Waals surface area contributed by atoms with E-state index in [4.69, 9.17) is 4.74 Å². The van der Waals surface area contributed by atoms with Crippen LogP contribution in [0, 0.1) is 11.7 Å². The highest BCUT2D eigenvalue weighted by atomic mass is 19.1. The van der Waals surface area contributed by atoms with Gasteiger partial charge in [0, 0.05) is 54.1 Å². The van der Waals surface area contributed by atoms with Gasteiger partial charge in [0.15, 0.2) is 0 Å². The van der Waals surface area contributed by atoms with Gasteiger partial charge in [0.25, 0.3) is 5.91 Å². The number of rotatable bonds is 7. The predicted octanol–water partition coefficient (Wildman–Crippen LogP) is 5.12.